The first-order chi connectivity index (χ1) is 8.66. The Balaban J connectivity index is 1.95. The molecule has 0 aromatic heterocycles. The van der Waals surface area contributed by atoms with Crippen LogP contribution in [0.4, 0.5) is 5.69 Å². The maximum Gasteiger partial charge on any atom is 0.251 e. The predicted octanol–water partition coefficient (Wildman–Crippen LogP) is 1.66. The van der Waals surface area contributed by atoms with Crippen molar-refractivity contribution in [3.8, 4) is 0 Å². The molecule has 2 rings (SSSR count). The summed E-state index contributed by atoms with van der Waals surface area (Å²) in [5, 5.41) is 3.05. The fourth-order valence-electron chi connectivity index (χ4n) is 2.02. The van der Waals surface area contributed by atoms with Crippen LogP contribution in [0.5, 0.6) is 0 Å². The second kappa shape index (κ2) is 5.87. The highest BCUT2D eigenvalue weighted by atomic mass is 16.5. The highest BCUT2D eigenvalue weighted by Crippen LogP contribution is 2.13. The number of hydrogen-bond acceptors (Lipinski definition) is 3. The summed E-state index contributed by atoms with van der Waals surface area (Å²) in [6, 6.07) is 7.89. The van der Waals surface area contributed by atoms with Gasteiger partial charge in [-0.05, 0) is 37.1 Å². The van der Waals surface area contributed by atoms with E-state index in [4.69, 9.17) is 4.74 Å². The van der Waals surface area contributed by atoms with Gasteiger partial charge in [0.1, 0.15) is 0 Å². The van der Waals surface area contributed by atoms with Gasteiger partial charge < -0.3 is 15.0 Å². The SMILES string of the molecule is CN(C)c1ccc(C(=O)NC2CCOCC2)cc1. The van der Waals surface area contributed by atoms with Gasteiger partial charge in [-0.15, -0.1) is 0 Å². The standard InChI is InChI=1S/C14H20N2O2/c1-16(2)13-5-3-11(4-6-13)14(17)15-12-7-9-18-10-8-12/h3-6,12H,7-10H2,1-2H3,(H,15,17). The number of nitrogens with zero attached hydrogens (tertiary/aromatic N) is 1. The summed E-state index contributed by atoms with van der Waals surface area (Å²) >= 11 is 0. The second-order valence-electron chi connectivity index (χ2n) is 4.80. The van der Waals surface area contributed by atoms with Gasteiger partial charge in [0.2, 0.25) is 0 Å². The summed E-state index contributed by atoms with van der Waals surface area (Å²) < 4.78 is 5.27. The minimum absolute atomic E-state index is 0.00667. The van der Waals surface area contributed by atoms with Crippen LogP contribution in [0.25, 0.3) is 0 Å². The molecule has 18 heavy (non-hydrogen) atoms. The van der Waals surface area contributed by atoms with Crippen LogP contribution < -0.4 is 10.2 Å². The average Bonchev–Trinajstić information content (AvgIpc) is 2.40. The minimum Gasteiger partial charge on any atom is -0.381 e. The van der Waals surface area contributed by atoms with Gasteiger partial charge in [-0.3, -0.25) is 4.79 Å². The molecule has 1 heterocycles. The van der Waals surface area contributed by atoms with Crippen molar-refractivity contribution >= 4 is 11.6 Å². The lowest BCUT2D eigenvalue weighted by Gasteiger charge is -2.23. The number of nitrogens with one attached hydrogen (secondary N) is 1. The van der Waals surface area contributed by atoms with Crippen molar-refractivity contribution in [3.63, 3.8) is 0 Å². The van der Waals surface area contributed by atoms with E-state index < -0.39 is 0 Å². The van der Waals surface area contributed by atoms with E-state index in [1.54, 1.807) is 0 Å². The van der Waals surface area contributed by atoms with E-state index in [-0.39, 0.29) is 11.9 Å². The van der Waals surface area contributed by atoms with E-state index in [1.165, 1.54) is 0 Å². The van der Waals surface area contributed by atoms with Crippen LogP contribution in [0.3, 0.4) is 0 Å². The van der Waals surface area contributed by atoms with Crippen LogP contribution in [0.1, 0.15) is 23.2 Å². The maximum atomic E-state index is 12.0. The Morgan fingerprint density at radius 2 is 1.83 bits per heavy atom. The van der Waals surface area contributed by atoms with Gasteiger partial charge in [-0.25, -0.2) is 0 Å². The van der Waals surface area contributed by atoms with Gasteiger partial charge in [0.15, 0.2) is 0 Å². The molecule has 4 nitrogen and oxygen atoms in total. The molecule has 0 aliphatic carbocycles. The zero-order valence-corrected chi connectivity index (χ0v) is 11.0. The number of ether oxygens (including phenoxy) is 1. The topological polar surface area (TPSA) is 41.6 Å². The molecule has 1 amide bonds. The molecule has 1 saturated heterocycles. The summed E-state index contributed by atoms with van der Waals surface area (Å²) in [5.41, 5.74) is 1.81. The van der Waals surface area contributed by atoms with E-state index in [0.29, 0.717) is 5.56 Å². The normalized spacial score (nSPS) is 16.3. The number of amides is 1. The number of hydrogen-bond donors (Lipinski definition) is 1. The Kier molecular flexibility index (Phi) is 4.20. The smallest absolute Gasteiger partial charge is 0.251 e. The fraction of sp³-hybridized carbons (Fsp3) is 0.500. The number of anilines is 1. The van der Waals surface area contributed by atoms with Gasteiger partial charge in [-0.1, -0.05) is 0 Å². The van der Waals surface area contributed by atoms with Crippen molar-refractivity contribution < 1.29 is 9.53 Å². The Morgan fingerprint density at radius 1 is 1.22 bits per heavy atom. The molecule has 1 N–H and O–H groups in total. The molecule has 0 saturated carbocycles. The minimum atomic E-state index is 0.00667. The van der Waals surface area contributed by atoms with Gasteiger partial charge in [0.25, 0.3) is 5.91 Å². The Labute approximate surface area is 108 Å². The molecule has 0 radical (unpaired) electrons. The van der Waals surface area contributed by atoms with E-state index in [1.807, 2.05) is 43.3 Å². The van der Waals surface area contributed by atoms with Crippen molar-refractivity contribution in [2.45, 2.75) is 18.9 Å². The molecule has 0 atom stereocenters. The fourth-order valence-corrected chi connectivity index (χ4v) is 2.02. The van der Waals surface area contributed by atoms with E-state index in [0.717, 1.165) is 31.7 Å². The van der Waals surface area contributed by atoms with Crippen LogP contribution in [0.15, 0.2) is 24.3 Å². The Hall–Kier alpha value is -1.55. The third-order valence-electron chi connectivity index (χ3n) is 3.20. The predicted molar refractivity (Wildman–Crippen MR) is 72.1 cm³/mol. The molecule has 4 heteroatoms. The zero-order valence-electron chi connectivity index (χ0n) is 11.0. The third kappa shape index (κ3) is 3.23. The monoisotopic (exact) mass is 248 g/mol. The van der Waals surface area contributed by atoms with Crippen LogP contribution >= 0.6 is 0 Å². The molecular formula is C14H20N2O2. The quantitative estimate of drug-likeness (QED) is 0.884. The second-order valence-corrected chi connectivity index (χ2v) is 4.80. The summed E-state index contributed by atoms with van der Waals surface area (Å²) in [6.07, 6.45) is 1.81. The molecule has 1 aliphatic heterocycles. The third-order valence-corrected chi connectivity index (χ3v) is 3.20. The van der Waals surface area contributed by atoms with E-state index in [2.05, 4.69) is 5.32 Å². The summed E-state index contributed by atoms with van der Waals surface area (Å²) in [7, 11) is 3.97. The van der Waals surface area contributed by atoms with Gasteiger partial charge >= 0.3 is 0 Å². The molecule has 0 bridgehead atoms. The summed E-state index contributed by atoms with van der Waals surface area (Å²) in [6.45, 7) is 1.48. The highest BCUT2D eigenvalue weighted by Gasteiger charge is 2.16. The lowest BCUT2D eigenvalue weighted by molar-refractivity contribution is 0.0696. The van der Waals surface area contributed by atoms with Crippen molar-refractivity contribution in [2.75, 3.05) is 32.2 Å². The zero-order chi connectivity index (χ0) is 13.0. The molecule has 0 spiro atoms. The van der Waals surface area contributed by atoms with Crippen molar-refractivity contribution in [1.29, 1.82) is 0 Å². The first-order valence-corrected chi connectivity index (χ1v) is 6.33. The first-order valence-electron chi connectivity index (χ1n) is 6.33. The largest absolute Gasteiger partial charge is 0.381 e. The number of carbonyl (C=O) groups excluding carboxylic acids is 1. The van der Waals surface area contributed by atoms with Gasteiger partial charge in [0, 0.05) is 44.6 Å². The highest BCUT2D eigenvalue weighted by molar-refractivity contribution is 5.94. The summed E-state index contributed by atoms with van der Waals surface area (Å²) in [4.78, 5) is 14.0. The molecule has 1 fully saturated rings. The molecule has 1 aromatic rings. The Morgan fingerprint density at radius 3 is 2.39 bits per heavy atom. The maximum absolute atomic E-state index is 12.0. The number of benzene rings is 1. The van der Waals surface area contributed by atoms with E-state index in [9.17, 15) is 4.79 Å². The molecule has 0 unspecified atom stereocenters. The number of rotatable bonds is 3. The molecule has 1 aromatic carbocycles. The van der Waals surface area contributed by atoms with Crippen LogP contribution in [-0.4, -0.2) is 39.3 Å². The molecule has 1 aliphatic rings. The van der Waals surface area contributed by atoms with Crippen LogP contribution in [0.2, 0.25) is 0 Å². The van der Waals surface area contributed by atoms with Gasteiger partial charge in [-0.2, -0.15) is 0 Å². The van der Waals surface area contributed by atoms with Crippen molar-refractivity contribution in [3.05, 3.63) is 29.8 Å². The lowest BCUT2D eigenvalue weighted by Crippen LogP contribution is -2.38. The number of carbonyl (C=O) groups is 1. The van der Waals surface area contributed by atoms with Gasteiger partial charge in [0.05, 0.1) is 0 Å². The first kappa shape index (κ1) is 12.9. The average molecular weight is 248 g/mol. The molecule has 98 valence electrons. The van der Waals surface area contributed by atoms with Crippen LogP contribution in [-0.2, 0) is 4.74 Å². The Bertz CT molecular complexity index is 395. The lowest BCUT2D eigenvalue weighted by atomic mass is 10.1. The van der Waals surface area contributed by atoms with E-state index >= 15 is 0 Å². The van der Waals surface area contributed by atoms with Crippen molar-refractivity contribution in [1.82, 2.24) is 5.32 Å². The van der Waals surface area contributed by atoms with Crippen LogP contribution in [0, 0.1) is 0 Å². The molecular weight excluding hydrogens is 228 g/mol. The summed E-state index contributed by atoms with van der Waals surface area (Å²) in [5.74, 6) is 0.00667. The van der Waals surface area contributed by atoms with Crippen molar-refractivity contribution in [2.24, 2.45) is 0 Å².